The van der Waals surface area contributed by atoms with Crippen molar-refractivity contribution in [1.29, 1.82) is 0 Å². The fourth-order valence-corrected chi connectivity index (χ4v) is 3.75. The van der Waals surface area contributed by atoms with Crippen molar-refractivity contribution in [1.82, 2.24) is 5.32 Å². The van der Waals surface area contributed by atoms with Crippen LogP contribution in [0.15, 0.2) is 13.6 Å². The van der Waals surface area contributed by atoms with Gasteiger partial charge in [0.05, 0.1) is 18.5 Å². The fourth-order valence-electron chi connectivity index (χ4n) is 0.894. The number of halogens is 3. The van der Waals surface area contributed by atoms with E-state index in [9.17, 15) is 4.79 Å². The number of alkyl halides is 1. The average molecular weight is 376 g/mol. The number of nitrogens with one attached hydrogen (secondary N) is 1. The molecule has 84 valence electrons. The van der Waals surface area contributed by atoms with Gasteiger partial charge in [0, 0.05) is 6.04 Å². The molecule has 0 radical (unpaired) electrons. The van der Waals surface area contributed by atoms with Crippen LogP contribution < -0.4 is 5.32 Å². The number of amides is 1. The van der Waals surface area contributed by atoms with Crippen molar-refractivity contribution in [3.05, 3.63) is 19.2 Å². The molecule has 6 heteroatoms. The zero-order valence-corrected chi connectivity index (χ0v) is 12.9. The van der Waals surface area contributed by atoms with E-state index in [0.29, 0.717) is 5.56 Å². The summed E-state index contributed by atoms with van der Waals surface area (Å²) in [6, 6.07) is 1.74. The Morgan fingerprint density at radius 3 is 2.53 bits per heavy atom. The minimum atomic E-state index is -0.108. The third kappa shape index (κ3) is 3.73. The third-order valence-corrected chi connectivity index (χ3v) is 4.67. The van der Waals surface area contributed by atoms with Gasteiger partial charge in [-0.1, -0.05) is 0 Å². The highest BCUT2D eigenvalue weighted by atomic mass is 79.9. The van der Waals surface area contributed by atoms with Gasteiger partial charge in [-0.15, -0.1) is 22.9 Å². The summed E-state index contributed by atoms with van der Waals surface area (Å²) in [6.07, 6.45) is 0. The molecule has 1 heterocycles. The Hall–Kier alpha value is 0.420. The quantitative estimate of drug-likeness (QED) is 0.795. The number of carbonyl (C=O) groups is 1. The molecule has 2 unspecified atom stereocenters. The first kappa shape index (κ1) is 13.5. The monoisotopic (exact) mass is 373 g/mol. The van der Waals surface area contributed by atoms with Crippen molar-refractivity contribution < 1.29 is 4.79 Å². The lowest BCUT2D eigenvalue weighted by Crippen LogP contribution is -2.37. The van der Waals surface area contributed by atoms with Crippen LogP contribution in [0.1, 0.15) is 24.2 Å². The molecule has 0 aliphatic carbocycles. The molecule has 0 bridgehead atoms. The highest BCUT2D eigenvalue weighted by molar-refractivity contribution is 9.12. The summed E-state index contributed by atoms with van der Waals surface area (Å²) in [5, 5.41) is 2.75. The summed E-state index contributed by atoms with van der Waals surface area (Å²) in [5.74, 6) is -0.108. The van der Waals surface area contributed by atoms with Crippen molar-refractivity contribution in [3.8, 4) is 0 Å². The summed E-state index contributed by atoms with van der Waals surface area (Å²) in [7, 11) is 0. The van der Waals surface area contributed by atoms with Gasteiger partial charge < -0.3 is 5.32 Å². The summed E-state index contributed by atoms with van der Waals surface area (Å²) < 4.78 is 1.74. The van der Waals surface area contributed by atoms with E-state index < -0.39 is 0 Å². The van der Waals surface area contributed by atoms with E-state index in [-0.39, 0.29) is 17.3 Å². The van der Waals surface area contributed by atoms with E-state index in [1.54, 1.807) is 6.07 Å². The smallest absolute Gasteiger partial charge is 0.253 e. The molecule has 1 aromatic rings. The predicted molar refractivity (Wildman–Crippen MR) is 72.0 cm³/mol. The Bertz CT molecular complexity index is 367. The van der Waals surface area contributed by atoms with Crippen molar-refractivity contribution >= 4 is 60.7 Å². The van der Waals surface area contributed by atoms with E-state index in [1.165, 1.54) is 11.3 Å². The van der Waals surface area contributed by atoms with E-state index in [4.69, 9.17) is 11.6 Å². The third-order valence-electron chi connectivity index (χ3n) is 1.95. The Morgan fingerprint density at radius 1 is 1.53 bits per heavy atom. The van der Waals surface area contributed by atoms with Crippen LogP contribution in [0.3, 0.4) is 0 Å². The molecule has 1 amide bonds. The maximum Gasteiger partial charge on any atom is 0.253 e. The minimum Gasteiger partial charge on any atom is -0.348 e. The Labute approximate surface area is 115 Å². The van der Waals surface area contributed by atoms with Crippen LogP contribution in [0, 0.1) is 0 Å². The van der Waals surface area contributed by atoms with E-state index in [0.717, 1.165) is 7.57 Å². The fraction of sp³-hybridized carbons (Fsp3) is 0.444. The van der Waals surface area contributed by atoms with Crippen molar-refractivity contribution in [2.45, 2.75) is 25.3 Å². The number of hydrogen-bond acceptors (Lipinski definition) is 2. The second kappa shape index (κ2) is 5.66. The molecule has 1 aromatic heterocycles. The Morgan fingerprint density at radius 2 is 2.13 bits per heavy atom. The molecule has 1 N–H and O–H groups in total. The minimum absolute atomic E-state index is 0.0512. The van der Waals surface area contributed by atoms with Crippen LogP contribution >= 0.6 is 54.8 Å². The van der Waals surface area contributed by atoms with E-state index in [2.05, 4.69) is 37.2 Å². The van der Waals surface area contributed by atoms with Gasteiger partial charge in [0.2, 0.25) is 0 Å². The van der Waals surface area contributed by atoms with E-state index >= 15 is 0 Å². The number of carbonyl (C=O) groups excluding carboxylic acids is 1. The summed E-state index contributed by atoms with van der Waals surface area (Å²) >= 11 is 14.0. The molecule has 0 aliphatic rings. The molecule has 15 heavy (non-hydrogen) atoms. The van der Waals surface area contributed by atoms with Gasteiger partial charge in [-0.25, -0.2) is 0 Å². The highest BCUT2D eigenvalue weighted by Crippen LogP contribution is 2.31. The largest absolute Gasteiger partial charge is 0.348 e. The molecule has 2 atom stereocenters. The number of rotatable bonds is 3. The zero-order valence-electron chi connectivity index (χ0n) is 8.18. The average Bonchev–Trinajstić information content (AvgIpc) is 2.44. The van der Waals surface area contributed by atoms with Crippen molar-refractivity contribution in [3.63, 3.8) is 0 Å². The Kier molecular flexibility index (Phi) is 5.09. The van der Waals surface area contributed by atoms with Crippen LogP contribution in [0.25, 0.3) is 0 Å². The van der Waals surface area contributed by atoms with Gasteiger partial charge in [0.15, 0.2) is 0 Å². The van der Waals surface area contributed by atoms with Gasteiger partial charge >= 0.3 is 0 Å². The molecule has 0 saturated heterocycles. The topological polar surface area (TPSA) is 29.1 Å². The lowest BCUT2D eigenvalue weighted by molar-refractivity contribution is 0.0939. The van der Waals surface area contributed by atoms with Crippen LogP contribution in [0.2, 0.25) is 0 Å². The molecular formula is C9H10Br2ClNOS. The first-order valence-corrected chi connectivity index (χ1v) is 7.15. The molecule has 0 fully saturated rings. The maximum atomic E-state index is 11.8. The van der Waals surface area contributed by atoms with Gasteiger partial charge in [0.1, 0.15) is 0 Å². The van der Waals surface area contributed by atoms with Gasteiger partial charge in [-0.2, -0.15) is 0 Å². The first-order chi connectivity index (χ1) is 6.91. The number of thiophene rings is 1. The first-order valence-electron chi connectivity index (χ1n) is 4.31. The normalized spacial score (nSPS) is 14.7. The second-order valence-electron chi connectivity index (χ2n) is 3.18. The van der Waals surface area contributed by atoms with Crippen LogP contribution in [0.5, 0.6) is 0 Å². The second-order valence-corrected chi connectivity index (χ2v) is 7.62. The summed E-state index contributed by atoms with van der Waals surface area (Å²) in [4.78, 5) is 11.8. The molecule has 2 nitrogen and oxygen atoms in total. The van der Waals surface area contributed by atoms with Crippen LogP contribution in [0.4, 0.5) is 0 Å². The van der Waals surface area contributed by atoms with E-state index in [1.807, 2.05) is 13.8 Å². The maximum absolute atomic E-state index is 11.8. The standard InChI is InChI=1S/C9H10Br2ClNOS/c1-4(12)5(2)13-9(14)6-3-7(10)15-8(6)11/h3-5H,1-2H3,(H,13,14). The van der Waals surface area contributed by atoms with Gasteiger partial charge in [-0.3, -0.25) is 4.79 Å². The molecule has 0 saturated carbocycles. The van der Waals surface area contributed by atoms with Crippen molar-refractivity contribution in [2.24, 2.45) is 0 Å². The predicted octanol–water partition coefficient (Wildman–Crippen LogP) is 4.02. The highest BCUT2D eigenvalue weighted by Gasteiger charge is 2.17. The zero-order chi connectivity index (χ0) is 11.6. The lowest BCUT2D eigenvalue weighted by atomic mass is 10.2. The van der Waals surface area contributed by atoms with Gasteiger partial charge in [0.25, 0.3) is 5.91 Å². The Balaban J connectivity index is 2.73. The van der Waals surface area contributed by atoms with Crippen LogP contribution in [-0.2, 0) is 0 Å². The SMILES string of the molecule is CC(Cl)C(C)NC(=O)c1cc(Br)sc1Br. The molecule has 0 aliphatic heterocycles. The lowest BCUT2D eigenvalue weighted by Gasteiger charge is -2.15. The molecule has 0 spiro atoms. The molecular weight excluding hydrogens is 365 g/mol. The van der Waals surface area contributed by atoms with Crippen molar-refractivity contribution in [2.75, 3.05) is 0 Å². The summed E-state index contributed by atoms with van der Waals surface area (Å²) in [5.41, 5.74) is 0.635. The van der Waals surface area contributed by atoms with Crippen LogP contribution in [-0.4, -0.2) is 17.3 Å². The van der Waals surface area contributed by atoms with Gasteiger partial charge in [-0.05, 0) is 51.8 Å². The number of hydrogen-bond donors (Lipinski definition) is 1. The molecule has 0 aromatic carbocycles. The summed E-state index contributed by atoms with van der Waals surface area (Å²) in [6.45, 7) is 3.73. The molecule has 1 rings (SSSR count).